The zero-order valence-electron chi connectivity index (χ0n) is 18.0. The molecule has 1 fully saturated rings. The smallest absolute Gasteiger partial charge is 0.281 e. The lowest BCUT2D eigenvalue weighted by Crippen LogP contribution is -2.39. The van der Waals surface area contributed by atoms with Gasteiger partial charge in [-0.15, -0.1) is 0 Å². The third kappa shape index (κ3) is 3.66. The summed E-state index contributed by atoms with van der Waals surface area (Å²) >= 11 is 0. The van der Waals surface area contributed by atoms with Crippen molar-refractivity contribution in [3.05, 3.63) is 58.3 Å². The van der Waals surface area contributed by atoms with Gasteiger partial charge in [-0.25, -0.2) is 0 Å². The molecule has 1 atom stereocenters. The maximum absolute atomic E-state index is 13.2. The summed E-state index contributed by atoms with van der Waals surface area (Å²) in [6.45, 7) is 5.79. The molecule has 1 aromatic carbocycles. The van der Waals surface area contributed by atoms with E-state index in [1.807, 2.05) is 55.7 Å². The van der Waals surface area contributed by atoms with Gasteiger partial charge in [-0.2, -0.15) is 9.78 Å². The Bertz CT molecular complexity index is 1110. The molecule has 2 heterocycles. The molecule has 0 saturated heterocycles. The summed E-state index contributed by atoms with van der Waals surface area (Å²) < 4.78 is 3.41. The predicted molar refractivity (Wildman–Crippen MR) is 119 cm³/mol. The van der Waals surface area contributed by atoms with Crippen molar-refractivity contribution in [2.75, 3.05) is 0 Å². The highest BCUT2D eigenvalue weighted by molar-refractivity contribution is 5.89. The van der Waals surface area contributed by atoms with E-state index in [2.05, 4.69) is 10.4 Å². The molecule has 3 aromatic rings. The van der Waals surface area contributed by atoms with Gasteiger partial charge >= 0.3 is 0 Å². The van der Waals surface area contributed by atoms with Crippen molar-refractivity contribution < 1.29 is 4.79 Å². The molecule has 0 unspecified atom stereocenters. The van der Waals surface area contributed by atoms with Gasteiger partial charge in [0, 0.05) is 22.8 Å². The molecule has 0 bridgehead atoms. The van der Waals surface area contributed by atoms with E-state index in [0.29, 0.717) is 5.39 Å². The topological polar surface area (TPSA) is 68.9 Å². The van der Waals surface area contributed by atoms with Crippen LogP contribution in [-0.4, -0.2) is 26.3 Å². The van der Waals surface area contributed by atoms with Crippen molar-refractivity contribution in [1.82, 2.24) is 19.7 Å². The van der Waals surface area contributed by atoms with Crippen molar-refractivity contribution in [3.8, 4) is 5.69 Å². The fraction of sp³-hybridized carbons (Fsp3) is 0.458. The fourth-order valence-corrected chi connectivity index (χ4v) is 4.78. The van der Waals surface area contributed by atoms with Crippen molar-refractivity contribution in [1.29, 1.82) is 0 Å². The van der Waals surface area contributed by atoms with Crippen LogP contribution in [0.4, 0.5) is 0 Å². The lowest BCUT2D eigenvalue weighted by atomic mass is 10.1. The summed E-state index contributed by atoms with van der Waals surface area (Å²) in [4.78, 5) is 26.3. The number of para-hydroxylation sites is 1. The van der Waals surface area contributed by atoms with Gasteiger partial charge in [0.15, 0.2) is 0 Å². The van der Waals surface area contributed by atoms with Crippen LogP contribution in [0.1, 0.15) is 62.9 Å². The molecule has 1 amide bonds. The van der Waals surface area contributed by atoms with Gasteiger partial charge in [-0.1, -0.05) is 43.9 Å². The van der Waals surface area contributed by atoms with E-state index >= 15 is 0 Å². The summed E-state index contributed by atoms with van der Waals surface area (Å²) in [7, 11) is 0. The minimum absolute atomic E-state index is 0.0183. The zero-order valence-corrected chi connectivity index (χ0v) is 18.0. The Morgan fingerprint density at radius 3 is 2.40 bits per heavy atom. The number of benzene rings is 1. The number of aryl methyl sites for hydroxylation is 2. The predicted octanol–water partition coefficient (Wildman–Crippen LogP) is 4.20. The molecule has 158 valence electrons. The van der Waals surface area contributed by atoms with Gasteiger partial charge in [0.2, 0.25) is 5.91 Å². The van der Waals surface area contributed by atoms with Gasteiger partial charge in [0.25, 0.3) is 5.56 Å². The second-order valence-electron chi connectivity index (χ2n) is 8.40. The molecule has 1 aliphatic rings. The average Bonchev–Trinajstić information content (AvgIpc) is 2.90. The number of hydrogen-bond donors (Lipinski definition) is 1. The number of fused-ring (bicyclic) bond motifs is 1. The average molecular weight is 407 g/mol. The molecule has 30 heavy (non-hydrogen) atoms. The first kappa shape index (κ1) is 20.4. The highest BCUT2D eigenvalue weighted by Crippen LogP contribution is 2.27. The van der Waals surface area contributed by atoms with Crippen molar-refractivity contribution in [2.45, 2.75) is 71.4 Å². The number of rotatable bonds is 4. The second-order valence-corrected chi connectivity index (χ2v) is 8.40. The molecule has 0 aliphatic heterocycles. The maximum Gasteiger partial charge on any atom is 0.281 e. The lowest BCUT2D eigenvalue weighted by Gasteiger charge is -2.22. The molecular weight excluding hydrogens is 376 g/mol. The SMILES string of the molecule is Cc1c2cnn(-c3ccccc3)c(=O)c2c(C)n1[C@H](C)C(=O)NC1CCCCCC1. The number of hydrogen-bond acceptors (Lipinski definition) is 3. The summed E-state index contributed by atoms with van der Waals surface area (Å²) in [6, 6.07) is 9.28. The van der Waals surface area contributed by atoms with Gasteiger partial charge in [0.05, 0.1) is 17.3 Å². The first-order chi connectivity index (χ1) is 14.5. The molecular formula is C24H30N4O2. The number of nitrogens with zero attached hydrogens (tertiary/aromatic N) is 3. The first-order valence-corrected chi connectivity index (χ1v) is 10.9. The minimum atomic E-state index is -0.384. The monoisotopic (exact) mass is 406 g/mol. The van der Waals surface area contributed by atoms with Crippen LogP contribution in [0.5, 0.6) is 0 Å². The van der Waals surface area contributed by atoms with E-state index in [0.717, 1.165) is 35.3 Å². The number of amides is 1. The van der Waals surface area contributed by atoms with E-state index < -0.39 is 0 Å². The number of nitrogens with one attached hydrogen (secondary N) is 1. The van der Waals surface area contributed by atoms with Crippen molar-refractivity contribution >= 4 is 16.7 Å². The lowest BCUT2D eigenvalue weighted by molar-refractivity contribution is -0.124. The van der Waals surface area contributed by atoms with Crippen molar-refractivity contribution in [2.24, 2.45) is 0 Å². The van der Waals surface area contributed by atoms with Crippen LogP contribution in [0.15, 0.2) is 41.3 Å². The first-order valence-electron chi connectivity index (χ1n) is 10.9. The molecule has 1 aliphatic carbocycles. The zero-order chi connectivity index (χ0) is 21.3. The molecule has 1 saturated carbocycles. The van der Waals surface area contributed by atoms with E-state index in [1.165, 1.54) is 30.4 Å². The highest BCUT2D eigenvalue weighted by atomic mass is 16.2. The highest BCUT2D eigenvalue weighted by Gasteiger charge is 2.25. The van der Waals surface area contributed by atoms with Crippen LogP contribution in [0.2, 0.25) is 0 Å². The van der Waals surface area contributed by atoms with Crippen molar-refractivity contribution in [3.63, 3.8) is 0 Å². The van der Waals surface area contributed by atoms with Gasteiger partial charge in [-0.3, -0.25) is 9.59 Å². The maximum atomic E-state index is 13.2. The molecule has 4 rings (SSSR count). The molecule has 0 spiro atoms. The minimum Gasteiger partial charge on any atom is -0.352 e. The Hall–Kier alpha value is -2.89. The van der Waals surface area contributed by atoms with E-state index in [9.17, 15) is 9.59 Å². The third-order valence-corrected chi connectivity index (χ3v) is 6.42. The van der Waals surface area contributed by atoms with E-state index in [1.54, 1.807) is 6.20 Å². The molecule has 6 nitrogen and oxygen atoms in total. The van der Waals surface area contributed by atoms with Gasteiger partial charge < -0.3 is 9.88 Å². The van der Waals surface area contributed by atoms with Crippen LogP contribution in [0.3, 0.4) is 0 Å². The van der Waals surface area contributed by atoms with Crippen LogP contribution >= 0.6 is 0 Å². The third-order valence-electron chi connectivity index (χ3n) is 6.42. The Morgan fingerprint density at radius 2 is 1.73 bits per heavy atom. The summed E-state index contributed by atoms with van der Waals surface area (Å²) in [5.74, 6) is 0.0183. The Balaban J connectivity index is 1.70. The van der Waals surface area contributed by atoms with Crippen LogP contribution in [0.25, 0.3) is 16.5 Å². The number of carbonyl (C=O) groups is 1. The van der Waals surface area contributed by atoms with Crippen LogP contribution in [-0.2, 0) is 4.79 Å². The van der Waals surface area contributed by atoms with Crippen LogP contribution < -0.4 is 10.9 Å². The molecule has 2 aromatic heterocycles. The largest absolute Gasteiger partial charge is 0.352 e. The second kappa shape index (κ2) is 8.46. The van der Waals surface area contributed by atoms with E-state index in [-0.39, 0.29) is 23.6 Å². The van der Waals surface area contributed by atoms with Gasteiger partial charge in [-0.05, 0) is 45.7 Å². The van der Waals surface area contributed by atoms with E-state index in [4.69, 9.17) is 0 Å². The summed E-state index contributed by atoms with van der Waals surface area (Å²) in [5, 5.41) is 9.07. The number of aromatic nitrogens is 3. The summed E-state index contributed by atoms with van der Waals surface area (Å²) in [5.41, 5.74) is 2.28. The Kier molecular flexibility index (Phi) is 5.75. The number of carbonyl (C=O) groups excluding carboxylic acids is 1. The molecule has 6 heteroatoms. The van der Waals surface area contributed by atoms with Crippen LogP contribution in [0, 0.1) is 13.8 Å². The fourth-order valence-electron chi connectivity index (χ4n) is 4.78. The standard InChI is InChI=1S/C24H30N4O2/c1-16-21-15-25-28(20-13-9-6-10-14-20)24(30)22(21)17(2)27(16)18(3)23(29)26-19-11-7-4-5-8-12-19/h6,9-10,13-15,18-19H,4-5,7-8,11-12H2,1-3H3,(H,26,29)/t18-/m1/s1. The molecule has 1 N–H and O–H groups in total. The summed E-state index contributed by atoms with van der Waals surface area (Å²) in [6.07, 6.45) is 8.70. The Labute approximate surface area is 176 Å². The Morgan fingerprint density at radius 1 is 1.07 bits per heavy atom. The molecule has 0 radical (unpaired) electrons. The normalized spacial score (nSPS) is 16.4. The quantitative estimate of drug-likeness (QED) is 0.660. The van der Waals surface area contributed by atoms with Gasteiger partial charge in [0.1, 0.15) is 6.04 Å².